The number of rotatable bonds is 9. The Labute approximate surface area is 158 Å². The summed E-state index contributed by atoms with van der Waals surface area (Å²) in [6, 6.07) is 4.52. The van der Waals surface area contributed by atoms with Crippen molar-refractivity contribution in [2.75, 3.05) is 33.5 Å². The summed E-state index contributed by atoms with van der Waals surface area (Å²) in [6.45, 7) is 2.84. The highest BCUT2D eigenvalue weighted by molar-refractivity contribution is 5.94. The first kappa shape index (κ1) is 20.7. The zero-order valence-electron chi connectivity index (χ0n) is 15.6. The Morgan fingerprint density at radius 1 is 1.30 bits per heavy atom. The van der Waals surface area contributed by atoms with Crippen LogP contribution in [0.2, 0.25) is 0 Å². The van der Waals surface area contributed by atoms with Crippen LogP contribution in [0.25, 0.3) is 0 Å². The maximum absolute atomic E-state index is 12.4. The molecular weight excluding hydrogens is 354 g/mol. The maximum Gasteiger partial charge on any atom is 0.305 e. The summed E-state index contributed by atoms with van der Waals surface area (Å²) in [7, 11) is 1.50. The van der Waals surface area contributed by atoms with E-state index in [0.29, 0.717) is 43.2 Å². The lowest BCUT2D eigenvalue weighted by Crippen LogP contribution is -2.49. The van der Waals surface area contributed by atoms with E-state index in [-0.39, 0.29) is 31.1 Å². The largest absolute Gasteiger partial charge is 0.493 e. The number of Topliss-reactive ketones (excluding diaryl/α,β-unsaturated/α-hetero) is 1. The third-order valence-corrected chi connectivity index (χ3v) is 4.32. The Morgan fingerprint density at radius 3 is 2.74 bits per heavy atom. The molecule has 0 radical (unpaired) electrons. The van der Waals surface area contributed by atoms with Crippen LogP contribution >= 0.6 is 0 Å². The fourth-order valence-corrected chi connectivity index (χ4v) is 2.91. The van der Waals surface area contributed by atoms with E-state index < -0.39 is 12.0 Å². The van der Waals surface area contributed by atoms with Gasteiger partial charge in [0.25, 0.3) is 0 Å². The van der Waals surface area contributed by atoms with E-state index in [1.165, 1.54) is 14.0 Å². The second kappa shape index (κ2) is 9.91. The molecule has 0 aliphatic carbocycles. The smallest absolute Gasteiger partial charge is 0.305 e. The number of benzene rings is 1. The van der Waals surface area contributed by atoms with Crippen molar-refractivity contribution in [2.24, 2.45) is 0 Å². The lowest BCUT2D eigenvalue weighted by Gasteiger charge is -2.35. The van der Waals surface area contributed by atoms with Crippen LogP contribution in [0.15, 0.2) is 18.2 Å². The molecule has 1 aliphatic rings. The zero-order chi connectivity index (χ0) is 19.8. The van der Waals surface area contributed by atoms with Crippen LogP contribution in [0.4, 0.5) is 0 Å². The summed E-state index contributed by atoms with van der Waals surface area (Å²) in [5.74, 6) is -0.152. The van der Waals surface area contributed by atoms with E-state index in [1.54, 1.807) is 23.1 Å². The van der Waals surface area contributed by atoms with E-state index in [0.717, 1.165) is 0 Å². The van der Waals surface area contributed by atoms with Gasteiger partial charge in [-0.15, -0.1) is 0 Å². The van der Waals surface area contributed by atoms with Gasteiger partial charge in [-0.3, -0.25) is 14.4 Å². The van der Waals surface area contributed by atoms with Crippen molar-refractivity contribution in [3.8, 4) is 11.5 Å². The van der Waals surface area contributed by atoms with Gasteiger partial charge in [-0.1, -0.05) is 0 Å². The molecular formula is C19H25NO7. The predicted molar refractivity (Wildman–Crippen MR) is 96.3 cm³/mol. The Balaban J connectivity index is 1.84. The van der Waals surface area contributed by atoms with Crippen LogP contribution in [-0.2, 0) is 14.3 Å². The number of morpholine rings is 1. The van der Waals surface area contributed by atoms with Crippen molar-refractivity contribution in [3.05, 3.63) is 23.8 Å². The summed E-state index contributed by atoms with van der Waals surface area (Å²) in [4.78, 5) is 36.3. The lowest BCUT2D eigenvalue weighted by atomic mass is 10.1. The molecule has 1 saturated heterocycles. The quantitative estimate of drug-likeness (QED) is 0.515. The Kier molecular flexibility index (Phi) is 7.60. The Morgan fingerprint density at radius 2 is 2.07 bits per heavy atom. The van der Waals surface area contributed by atoms with Crippen molar-refractivity contribution in [1.82, 2.24) is 4.90 Å². The van der Waals surface area contributed by atoms with Crippen molar-refractivity contribution >= 4 is 17.7 Å². The number of carbonyl (C=O) groups is 3. The second-order valence-electron chi connectivity index (χ2n) is 6.29. The number of hydrogen-bond acceptors (Lipinski definition) is 6. The van der Waals surface area contributed by atoms with Crippen LogP contribution in [0.1, 0.15) is 36.5 Å². The molecule has 27 heavy (non-hydrogen) atoms. The highest BCUT2D eigenvalue weighted by atomic mass is 16.5. The number of carboxylic acid groups (broad SMARTS) is 1. The SMILES string of the molecule is COc1cc(C(C)=O)ccc1OCCCC(=O)N1CCOCC1CC(=O)O. The number of ketones is 1. The minimum Gasteiger partial charge on any atom is -0.493 e. The fraction of sp³-hybridized carbons (Fsp3) is 0.526. The zero-order valence-corrected chi connectivity index (χ0v) is 15.6. The molecule has 2 rings (SSSR count). The normalized spacial score (nSPS) is 16.7. The molecule has 1 aliphatic heterocycles. The average molecular weight is 379 g/mol. The van der Waals surface area contributed by atoms with E-state index in [9.17, 15) is 14.4 Å². The van der Waals surface area contributed by atoms with Gasteiger partial charge in [0.15, 0.2) is 17.3 Å². The molecule has 1 unspecified atom stereocenters. The molecule has 148 valence electrons. The van der Waals surface area contributed by atoms with Gasteiger partial charge in [0.1, 0.15) is 0 Å². The fourth-order valence-electron chi connectivity index (χ4n) is 2.91. The van der Waals surface area contributed by atoms with Gasteiger partial charge in [0, 0.05) is 18.5 Å². The molecule has 0 aromatic heterocycles. The van der Waals surface area contributed by atoms with Crippen molar-refractivity contribution < 1.29 is 33.7 Å². The highest BCUT2D eigenvalue weighted by Crippen LogP contribution is 2.28. The maximum atomic E-state index is 12.4. The number of carbonyl (C=O) groups excluding carboxylic acids is 2. The summed E-state index contributed by atoms with van der Waals surface area (Å²) in [5, 5.41) is 8.96. The van der Waals surface area contributed by atoms with Gasteiger partial charge in [-0.05, 0) is 31.5 Å². The minimum atomic E-state index is -0.951. The molecule has 8 nitrogen and oxygen atoms in total. The van der Waals surface area contributed by atoms with Gasteiger partial charge in [-0.2, -0.15) is 0 Å². The lowest BCUT2D eigenvalue weighted by molar-refractivity contribution is -0.146. The van der Waals surface area contributed by atoms with Crippen molar-refractivity contribution in [3.63, 3.8) is 0 Å². The molecule has 1 N–H and O–H groups in total. The van der Waals surface area contributed by atoms with Crippen LogP contribution in [0, 0.1) is 0 Å². The number of ether oxygens (including phenoxy) is 3. The van der Waals surface area contributed by atoms with Crippen LogP contribution < -0.4 is 9.47 Å². The molecule has 1 heterocycles. The summed E-state index contributed by atoms with van der Waals surface area (Å²) in [6.07, 6.45) is 0.611. The van der Waals surface area contributed by atoms with E-state index in [2.05, 4.69) is 0 Å². The second-order valence-corrected chi connectivity index (χ2v) is 6.29. The minimum absolute atomic E-state index is 0.0631. The van der Waals surface area contributed by atoms with Crippen LogP contribution in [-0.4, -0.2) is 67.2 Å². The molecule has 0 bridgehead atoms. The van der Waals surface area contributed by atoms with Gasteiger partial charge < -0.3 is 24.2 Å². The summed E-state index contributed by atoms with van der Waals surface area (Å²) >= 11 is 0. The molecule has 0 spiro atoms. The van der Waals surface area contributed by atoms with Crippen LogP contribution in [0.5, 0.6) is 11.5 Å². The molecule has 0 saturated carbocycles. The van der Waals surface area contributed by atoms with Gasteiger partial charge in [-0.25, -0.2) is 0 Å². The number of nitrogens with zero attached hydrogens (tertiary/aromatic N) is 1. The Hall–Kier alpha value is -2.61. The third kappa shape index (κ3) is 5.96. The van der Waals surface area contributed by atoms with Crippen molar-refractivity contribution in [2.45, 2.75) is 32.2 Å². The van der Waals surface area contributed by atoms with E-state index in [4.69, 9.17) is 19.3 Å². The van der Waals surface area contributed by atoms with E-state index in [1.807, 2.05) is 0 Å². The first-order chi connectivity index (χ1) is 12.9. The topological polar surface area (TPSA) is 102 Å². The summed E-state index contributed by atoms with van der Waals surface area (Å²) in [5.41, 5.74) is 0.533. The standard InChI is InChI=1S/C19H25NO7/c1-13(21)14-5-6-16(17(10-14)25-2)27-8-3-4-18(22)20-7-9-26-12-15(20)11-19(23)24/h5-6,10,15H,3-4,7-9,11-12H2,1-2H3,(H,23,24). The summed E-state index contributed by atoms with van der Waals surface area (Å²) < 4.78 is 16.2. The highest BCUT2D eigenvalue weighted by Gasteiger charge is 2.28. The van der Waals surface area contributed by atoms with Crippen molar-refractivity contribution in [1.29, 1.82) is 0 Å². The van der Waals surface area contributed by atoms with Gasteiger partial charge in [0.2, 0.25) is 5.91 Å². The third-order valence-electron chi connectivity index (χ3n) is 4.32. The molecule has 1 amide bonds. The average Bonchev–Trinajstić information content (AvgIpc) is 2.64. The monoisotopic (exact) mass is 379 g/mol. The number of methoxy groups -OCH3 is 1. The number of amides is 1. The predicted octanol–water partition coefficient (Wildman–Crippen LogP) is 1.76. The number of carboxylic acids is 1. The van der Waals surface area contributed by atoms with Crippen LogP contribution in [0.3, 0.4) is 0 Å². The molecule has 1 fully saturated rings. The van der Waals surface area contributed by atoms with Gasteiger partial charge >= 0.3 is 5.97 Å². The van der Waals surface area contributed by atoms with Gasteiger partial charge in [0.05, 0.1) is 39.4 Å². The molecule has 1 aromatic carbocycles. The molecule has 8 heteroatoms. The Bertz CT molecular complexity index is 689. The van der Waals surface area contributed by atoms with E-state index >= 15 is 0 Å². The molecule has 1 aromatic rings. The first-order valence-corrected chi connectivity index (χ1v) is 8.83. The molecule has 1 atom stereocenters. The number of hydrogen-bond donors (Lipinski definition) is 1. The number of aliphatic carboxylic acids is 1. The first-order valence-electron chi connectivity index (χ1n) is 8.83.